The van der Waals surface area contributed by atoms with Crippen LogP contribution in [0.5, 0.6) is 0 Å². The molecule has 1 unspecified atom stereocenters. The van der Waals surface area contributed by atoms with Gasteiger partial charge in [-0.15, -0.1) is 0 Å². The number of urea groups is 1. The van der Waals surface area contributed by atoms with Crippen LogP contribution in [-0.4, -0.2) is 29.9 Å². The number of imide groups is 1. The van der Waals surface area contributed by atoms with Gasteiger partial charge in [0.2, 0.25) is 0 Å². The molecule has 10 heavy (non-hydrogen) atoms. The number of primary amides is 1. The first kappa shape index (κ1) is 7.21. The lowest BCUT2D eigenvalue weighted by atomic mass is 10.2. The molecular weight excluding hydrogens is 132 g/mol. The van der Waals surface area contributed by atoms with Crippen molar-refractivity contribution in [3.8, 4) is 0 Å². The molecule has 0 aromatic rings. The number of amides is 3. The van der Waals surface area contributed by atoms with Gasteiger partial charge in [0.15, 0.2) is 6.04 Å². The fourth-order valence-electron chi connectivity index (χ4n) is 1.01. The Morgan fingerprint density at radius 3 is 2.40 bits per heavy atom. The van der Waals surface area contributed by atoms with Crippen molar-refractivity contribution in [2.24, 2.45) is 0 Å². The molecular formula is C6H11N2O2+. The molecule has 1 atom stereocenters. The monoisotopic (exact) mass is 143 g/mol. The minimum Gasteiger partial charge on any atom is -0.267 e. The van der Waals surface area contributed by atoms with E-state index in [1.54, 1.807) is 0 Å². The third kappa shape index (κ3) is 0.903. The first-order chi connectivity index (χ1) is 4.66. The van der Waals surface area contributed by atoms with Crippen LogP contribution in [0.3, 0.4) is 0 Å². The maximum absolute atomic E-state index is 11.0. The van der Waals surface area contributed by atoms with E-state index in [1.165, 1.54) is 12.4 Å². The van der Waals surface area contributed by atoms with Gasteiger partial charge in [0.25, 0.3) is 5.91 Å². The highest BCUT2D eigenvalue weighted by atomic mass is 16.2. The van der Waals surface area contributed by atoms with Gasteiger partial charge in [-0.3, -0.25) is 10.1 Å². The lowest BCUT2D eigenvalue weighted by Crippen LogP contribution is -2.90. The van der Waals surface area contributed by atoms with E-state index in [9.17, 15) is 9.59 Å². The molecule has 0 spiro atoms. The number of hydrogen-bond donors (Lipinski definition) is 1. The zero-order chi connectivity index (χ0) is 7.72. The third-order valence-electron chi connectivity index (χ3n) is 1.76. The van der Waals surface area contributed by atoms with Gasteiger partial charge >= 0.3 is 6.03 Å². The molecule has 1 saturated heterocycles. The fraction of sp³-hybridized carbons (Fsp3) is 0.667. The maximum Gasteiger partial charge on any atom is 0.423 e. The SMILES string of the molecule is CCC1[NH2+]C(=O)N(C)C1=O. The summed E-state index contributed by atoms with van der Waals surface area (Å²) < 4.78 is 0. The number of hydrogen-bond acceptors (Lipinski definition) is 2. The van der Waals surface area contributed by atoms with Crippen LogP contribution >= 0.6 is 0 Å². The molecule has 4 nitrogen and oxygen atoms in total. The van der Waals surface area contributed by atoms with E-state index >= 15 is 0 Å². The Morgan fingerprint density at radius 1 is 1.60 bits per heavy atom. The zero-order valence-corrected chi connectivity index (χ0v) is 6.13. The van der Waals surface area contributed by atoms with Crippen molar-refractivity contribution in [2.45, 2.75) is 19.4 Å². The lowest BCUT2D eigenvalue weighted by Gasteiger charge is -1.98. The van der Waals surface area contributed by atoms with Crippen LogP contribution in [0.2, 0.25) is 0 Å². The Bertz CT molecular complexity index is 179. The second-order valence-electron chi connectivity index (χ2n) is 2.42. The molecule has 0 saturated carbocycles. The van der Waals surface area contributed by atoms with Crippen molar-refractivity contribution < 1.29 is 14.9 Å². The van der Waals surface area contributed by atoms with Gasteiger partial charge in [-0.1, -0.05) is 6.92 Å². The number of carbonyl (C=O) groups excluding carboxylic acids is 2. The lowest BCUT2D eigenvalue weighted by molar-refractivity contribution is -0.572. The van der Waals surface area contributed by atoms with E-state index in [-0.39, 0.29) is 18.0 Å². The molecule has 4 heteroatoms. The van der Waals surface area contributed by atoms with Gasteiger partial charge in [0, 0.05) is 13.5 Å². The highest BCUT2D eigenvalue weighted by Gasteiger charge is 2.38. The van der Waals surface area contributed by atoms with Gasteiger partial charge in [-0.05, 0) is 0 Å². The van der Waals surface area contributed by atoms with E-state index in [1.807, 2.05) is 6.92 Å². The number of carbonyl (C=O) groups is 2. The fourth-order valence-corrected chi connectivity index (χ4v) is 1.01. The highest BCUT2D eigenvalue weighted by molar-refractivity contribution is 5.97. The summed E-state index contributed by atoms with van der Waals surface area (Å²) in [5, 5.41) is 1.47. The predicted molar refractivity (Wildman–Crippen MR) is 34.2 cm³/mol. The summed E-state index contributed by atoms with van der Waals surface area (Å²) in [6.45, 7) is 1.89. The van der Waals surface area contributed by atoms with Gasteiger partial charge in [-0.2, -0.15) is 0 Å². The van der Waals surface area contributed by atoms with Crippen molar-refractivity contribution in [3.05, 3.63) is 0 Å². The van der Waals surface area contributed by atoms with Crippen LogP contribution in [0.4, 0.5) is 4.79 Å². The maximum atomic E-state index is 11.0. The van der Waals surface area contributed by atoms with Crippen molar-refractivity contribution >= 4 is 11.9 Å². The number of quaternary nitrogens is 1. The van der Waals surface area contributed by atoms with Gasteiger partial charge < -0.3 is 0 Å². The summed E-state index contributed by atoms with van der Waals surface area (Å²) in [6, 6.07) is -0.339. The van der Waals surface area contributed by atoms with Crippen molar-refractivity contribution in [1.29, 1.82) is 0 Å². The van der Waals surface area contributed by atoms with Crippen LogP contribution < -0.4 is 5.32 Å². The molecule has 0 aliphatic carbocycles. The Hall–Kier alpha value is -0.900. The average molecular weight is 143 g/mol. The van der Waals surface area contributed by atoms with Gasteiger partial charge in [-0.25, -0.2) is 9.69 Å². The quantitative estimate of drug-likeness (QED) is 0.475. The summed E-state index contributed by atoms with van der Waals surface area (Å²) in [5.74, 6) is -0.0764. The van der Waals surface area contributed by atoms with E-state index in [2.05, 4.69) is 0 Å². The van der Waals surface area contributed by atoms with Crippen LogP contribution in [0.1, 0.15) is 13.3 Å². The molecule has 1 aliphatic heterocycles. The topological polar surface area (TPSA) is 54.0 Å². The second kappa shape index (κ2) is 2.38. The Morgan fingerprint density at radius 2 is 2.20 bits per heavy atom. The van der Waals surface area contributed by atoms with Crippen LogP contribution in [0.15, 0.2) is 0 Å². The summed E-state index contributed by atoms with van der Waals surface area (Å²) >= 11 is 0. The molecule has 0 aromatic heterocycles. The first-order valence-corrected chi connectivity index (χ1v) is 3.33. The summed E-state index contributed by atoms with van der Waals surface area (Å²) in [4.78, 5) is 23.0. The summed E-state index contributed by atoms with van der Waals surface area (Å²) in [6.07, 6.45) is 0.717. The molecule has 2 N–H and O–H groups in total. The molecule has 1 aliphatic rings. The first-order valence-electron chi connectivity index (χ1n) is 3.33. The largest absolute Gasteiger partial charge is 0.423 e. The number of likely N-dealkylation sites (N-methyl/N-ethyl adjacent to an activating group) is 1. The van der Waals surface area contributed by atoms with E-state index in [0.717, 1.165) is 11.3 Å². The number of nitrogens with two attached hydrogens (primary N) is 1. The molecule has 1 heterocycles. The van der Waals surface area contributed by atoms with Gasteiger partial charge in [0.05, 0.1) is 0 Å². The Balaban J connectivity index is 2.71. The smallest absolute Gasteiger partial charge is 0.267 e. The predicted octanol–water partition coefficient (Wildman–Crippen LogP) is -1.08. The molecule has 1 fully saturated rings. The van der Waals surface area contributed by atoms with Crippen molar-refractivity contribution in [1.82, 2.24) is 4.90 Å². The van der Waals surface area contributed by atoms with Crippen molar-refractivity contribution in [3.63, 3.8) is 0 Å². The molecule has 0 radical (unpaired) electrons. The Kier molecular flexibility index (Phi) is 1.72. The summed E-state index contributed by atoms with van der Waals surface area (Å²) in [7, 11) is 1.51. The highest BCUT2D eigenvalue weighted by Crippen LogP contribution is 1.97. The van der Waals surface area contributed by atoms with Crippen molar-refractivity contribution in [2.75, 3.05) is 7.05 Å². The van der Waals surface area contributed by atoms with E-state index in [0.29, 0.717) is 0 Å². The number of rotatable bonds is 1. The number of nitrogens with zero attached hydrogens (tertiary/aromatic N) is 1. The second-order valence-corrected chi connectivity index (χ2v) is 2.42. The molecule has 56 valence electrons. The zero-order valence-electron chi connectivity index (χ0n) is 6.13. The minimum absolute atomic E-state index is 0.0764. The van der Waals surface area contributed by atoms with Gasteiger partial charge in [0.1, 0.15) is 0 Å². The third-order valence-corrected chi connectivity index (χ3v) is 1.76. The van der Waals surface area contributed by atoms with Crippen LogP contribution in [-0.2, 0) is 4.79 Å². The summed E-state index contributed by atoms with van der Waals surface area (Å²) in [5.41, 5.74) is 0. The van der Waals surface area contributed by atoms with Crippen LogP contribution in [0.25, 0.3) is 0 Å². The Labute approximate surface area is 59.2 Å². The minimum atomic E-state index is -0.170. The average Bonchev–Trinajstić information content (AvgIpc) is 2.17. The van der Waals surface area contributed by atoms with E-state index in [4.69, 9.17) is 0 Å². The normalized spacial score (nSPS) is 26.2. The molecule has 0 bridgehead atoms. The molecule has 1 rings (SSSR count). The van der Waals surface area contributed by atoms with Crippen LogP contribution in [0, 0.1) is 0 Å². The standard InChI is InChI=1S/C6H10N2O2/c1-3-4-5(9)8(2)6(10)7-4/h4H,3H2,1-2H3,(H,7,10)/p+1. The molecule has 0 aromatic carbocycles. The molecule has 3 amide bonds. The van der Waals surface area contributed by atoms with E-state index < -0.39 is 0 Å².